The van der Waals surface area contributed by atoms with Crippen LogP contribution in [-0.4, -0.2) is 60.1 Å². The molecule has 0 aliphatic carbocycles. The lowest BCUT2D eigenvalue weighted by Gasteiger charge is -2.27. The Labute approximate surface area is 154 Å². The largest absolute Gasteiger partial charge is 0.499 e. The van der Waals surface area contributed by atoms with Crippen LogP contribution < -0.4 is 5.32 Å². The van der Waals surface area contributed by atoms with Gasteiger partial charge < -0.3 is 10.1 Å². The van der Waals surface area contributed by atoms with Gasteiger partial charge in [0.1, 0.15) is 12.0 Å². The molecule has 2 heterocycles. The van der Waals surface area contributed by atoms with E-state index in [-0.39, 0.29) is 5.84 Å². The molecule has 1 atom stereocenters. The number of methoxy groups -OCH3 is 1. The fraction of sp³-hybridized carbons (Fsp3) is 0.235. The highest BCUT2D eigenvalue weighted by Crippen LogP contribution is 2.24. The van der Waals surface area contributed by atoms with Crippen molar-refractivity contribution in [2.24, 2.45) is 10.9 Å². The van der Waals surface area contributed by atoms with Gasteiger partial charge in [0.05, 0.1) is 14.2 Å². The van der Waals surface area contributed by atoms with Crippen LogP contribution in [0.4, 0.5) is 10.5 Å². The summed E-state index contributed by atoms with van der Waals surface area (Å²) < 4.78 is 6.46. The van der Waals surface area contributed by atoms with Crippen molar-refractivity contribution in [1.82, 2.24) is 4.90 Å². The molecular weight excluding hydrogens is 360 g/mol. The maximum absolute atomic E-state index is 12.8. The number of rotatable bonds is 4. The van der Waals surface area contributed by atoms with Crippen molar-refractivity contribution < 1.29 is 23.7 Å². The summed E-state index contributed by atoms with van der Waals surface area (Å²) in [6, 6.07) is 5.95. The second kappa shape index (κ2) is 7.09. The van der Waals surface area contributed by atoms with E-state index in [0.717, 1.165) is 4.90 Å². The number of ether oxygens (including phenoxy) is 1. The third kappa shape index (κ3) is 3.23. The first-order valence-corrected chi connectivity index (χ1v) is 8.09. The Morgan fingerprint density at radius 2 is 2.19 bits per heavy atom. The van der Waals surface area contributed by atoms with Crippen molar-refractivity contribution in [3.05, 3.63) is 41.1 Å². The van der Waals surface area contributed by atoms with Gasteiger partial charge in [-0.25, -0.2) is 4.79 Å². The van der Waals surface area contributed by atoms with Gasteiger partial charge in [0.15, 0.2) is 12.5 Å². The van der Waals surface area contributed by atoms with Crippen LogP contribution in [0.1, 0.15) is 0 Å². The van der Waals surface area contributed by atoms with Crippen molar-refractivity contribution in [1.29, 1.82) is 0 Å². The molecule has 0 spiro atoms. The van der Waals surface area contributed by atoms with Gasteiger partial charge in [-0.05, 0) is 18.2 Å². The van der Waals surface area contributed by atoms with Gasteiger partial charge in [-0.2, -0.15) is 9.48 Å². The summed E-state index contributed by atoms with van der Waals surface area (Å²) in [7, 11) is 2.93. The van der Waals surface area contributed by atoms with Crippen molar-refractivity contribution in [2.45, 2.75) is 0 Å². The molecule has 3 rings (SSSR count). The molecule has 1 N–H and O–H groups in total. The lowest BCUT2D eigenvalue weighted by Crippen LogP contribution is -2.56. The van der Waals surface area contributed by atoms with E-state index in [1.165, 1.54) is 24.9 Å². The summed E-state index contributed by atoms with van der Waals surface area (Å²) in [5.74, 6) is -1.31. The van der Waals surface area contributed by atoms with E-state index in [0.29, 0.717) is 16.5 Å². The molecule has 0 bridgehead atoms. The van der Waals surface area contributed by atoms with Crippen molar-refractivity contribution in [3.8, 4) is 0 Å². The van der Waals surface area contributed by atoms with Gasteiger partial charge in [-0.3, -0.25) is 9.59 Å². The van der Waals surface area contributed by atoms with Gasteiger partial charge >= 0.3 is 11.9 Å². The Bertz CT molecular complexity index is 891. The number of amides is 4. The molecule has 26 heavy (non-hydrogen) atoms. The summed E-state index contributed by atoms with van der Waals surface area (Å²) >= 11 is 5.88. The number of allylic oxidation sites excluding steroid dienone is 1. The Morgan fingerprint density at radius 1 is 1.42 bits per heavy atom. The number of anilines is 1. The number of carbonyl (C=O) groups excluding carboxylic acids is 3. The minimum absolute atomic E-state index is 0.269. The van der Waals surface area contributed by atoms with E-state index in [9.17, 15) is 14.4 Å². The second-order valence-electron chi connectivity index (χ2n) is 5.67. The minimum atomic E-state index is -0.855. The lowest BCUT2D eigenvalue weighted by molar-refractivity contribution is -0.408. The molecule has 0 fully saturated rings. The zero-order chi connectivity index (χ0) is 18.8. The van der Waals surface area contributed by atoms with Gasteiger partial charge in [0, 0.05) is 16.8 Å². The van der Waals surface area contributed by atoms with Crippen LogP contribution in [0.2, 0.25) is 5.02 Å². The maximum Gasteiger partial charge on any atom is 0.446 e. The van der Waals surface area contributed by atoms with Gasteiger partial charge in [-0.1, -0.05) is 17.7 Å². The predicted octanol–water partition coefficient (Wildman–Crippen LogP) is 1.51. The summed E-state index contributed by atoms with van der Waals surface area (Å²) in [4.78, 5) is 42.6. The third-order valence-corrected chi connectivity index (χ3v) is 4.24. The molecule has 134 valence electrons. The molecule has 8 nitrogen and oxygen atoms in total. The van der Waals surface area contributed by atoms with Crippen LogP contribution in [0.5, 0.6) is 0 Å². The lowest BCUT2D eigenvalue weighted by atomic mass is 9.99. The highest BCUT2D eigenvalue weighted by Gasteiger charge is 2.49. The molecular formula is C17H16ClN4O4+. The summed E-state index contributed by atoms with van der Waals surface area (Å²) in [6.45, 7) is -0.432. The van der Waals surface area contributed by atoms with Crippen molar-refractivity contribution in [2.75, 3.05) is 26.0 Å². The molecule has 1 unspecified atom stereocenters. The van der Waals surface area contributed by atoms with Gasteiger partial charge in [0.2, 0.25) is 0 Å². The maximum atomic E-state index is 12.8. The van der Waals surface area contributed by atoms with Crippen LogP contribution >= 0.6 is 11.6 Å². The zero-order valence-electron chi connectivity index (χ0n) is 14.1. The number of amidine groups is 1. The number of carbonyl (C=O) groups is 3. The molecule has 0 saturated carbocycles. The Balaban J connectivity index is 1.82. The van der Waals surface area contributed by atoms with E-state index in [1.807, 2.05) is 0 Å². The summed E-state index contributed by atoms with van der Waals surface area (Å²) in [5, 5.41) is 3.07. The molecule has 2 aliphatic heterocycles. The smallest absolute Gasteiger partial charge is 0.446 e. The number of nitrogens with zero attached hydrogens (tertiary/aromatic N) is 3. The molecule has 9 heteroatoms. The zero-order valence-corrected chi connectivity index (χ0v) is 14.9. The first kappa shape index (κ1) is 17.8. The number of hydrogen-bond acceptors (Lipinski definition) is 5. The Hall–Kier alpha value is -3.00. The Kier molecular flexibility index (Phi) is 4.85. The molecule has 2 aliphatic rings. The fourth-order valence-corrected chi connectivity index (χ4v) is 2.96. The highest BCUT2D eigenvalue weighted by molar-refractivity contribution is 6.30. The standard InChI is InChI=1S/C17H15ClN4O4/c1-21-15-14(12(26-2)6-7-19-15)16(24)22(17(21)25)9-13(23)20-11-5-3-4-10(18)8-11/h3-8,14H,9H2,1-2H3/p+1. The number of fused-ring (bicyclic) bond motifs is 1. The molecule has 0 saturated heterocycles. The number of imide groups is 1. The summed E-state index contributed by atoms with van der Waals surface area (Å²) in [5.41, 5.74) is 0.472. The van der Waals surface area contributed by atoms with Crippen LogP contribution in [0.15, 0.2) is 41.1 Å². The van der Waals surface area contributed by atoms with Crippen LogP contribution in [0, 0.1) is 5.92 Å². The van der Waals surface area contributed by atoms with Crippen LogP contribution in [-0.2, 0) is 14.3 Å². The van der Waals surface area contributed by atoms with Crippen molar-refractivity contribution in [3.63, 3.8) is 0 Å². The molecule has 0 aromatic heterocycles. The molecule has 1 aromatic carbocycles. The average Bonchev–Trinajstić information content (AvgIpc) is 2.62. The van der Waals surface area contributed by atoms with Crippen LogP contribution in [0.25, 0.3) is 0 Å². The highest BCUT2D eigenvalue weighted by atomic mass is 35.5. The van der Waals surface area contributed by atoms with Crippen molar-refractivity contribution >= 4 is 47.2 Å². The average molecular weight is 376 g/mol. The molecule has 0 radical (unpaired) electrons. The normalized spacial score (nSPS) is 19.3. The number of benzene rings is 1. The number of urea groups is 1. The topological polar surface area (TPSA) is 91.1 Å². The van der Waals surface area contributed by atoms with Gasteiger partial charge in [0.25, 0.3) is 11.7 Å². The van der Waals surface area contributed by atoms with Crippen LogP contribution in [0.3, 0.4) is 0 Å². The Morgan fingerprint density at radius 3 is 2.88 bits per heavy atom. The fourth-order valence-electron chi connectivity index (χ4n) is 2.77. The number of halogens is 1. The van der Waals surface area contributed by atoms with Gasteiger partial charge in [-0.15, -0.1) is 4.99 Å². The minimum Gasteiger partial charge on any atom is -0.499 e. The van der Waals surface area contributed by atoms with E-state index in [2.05, 4.69) is 10.3 Å². The quantitative estimate of drug-likeness (QED) is 0.807. The van der Waals surface area contributed by atoms with E-state index < -0.39 is 30.3 Å². The number of aliphatic imine (C=N–C) groups is 1. The SMILES string of the molecule is COC1=CC=NC2=[N+](C)C(=O)N(CC(=O)Nc3cccc(Cl)c3)C(=O)C12. The molecule has 4 amide bonds. The first-order valence-electron chi connectivity index (χ1n) is 7.72. The number of nitrogens with one attached hydrogen (secondary N) is 1. The summed E-state index contributed by atoms with van der Waals surface area (Å²) in [6.07, 6.45) is 3.02. The van der Waals surface area contributed by atoms with E-state index in [1.54, 1.807) is 30.3 Å². The number of dihydropyridines is 1. The van der Waals surface area contributed by atoms with E-state index >= 15 is 0 Å². The monoisotopic (exact) mass is 375 g/mol. The molecule has 1 aromatic rings. The van der Waals surface area contributed by atoms with E-state index in [4.69, 9.17) is 16.3 Å². The predicted molar refractivity (Wildman–Crippen MR) is 95.5 cm³/mol. The number of hydrogen-bond donors (Lipinski definition) is 1. The first-order chi connectivity index (χ1) is 12.4. The third-order valence-electron chi connectivity index (χ3n) is 4.01. The second-order valence-corrected chi connectivity index (χ2v) is 6.10.